The van der Waals surface area contributed by atoms with Crippen LogP contribution >= 0.6 is 23.2 Å². The van der Waals surface area contributed by atoms with Crippen molar-refractivity contribution in [2.75, 3.05) is 0 Å². The molecule has 2 unspecified atom stereocenters. The first-order valence-electron chi connectivity index (χ1n) is 5.22. The van der Waals surface area contributed by atoms with Crippen molar-refractivity contribution in [1.82, 2.24) is 0 Å². The number of aliphatic hydroxyl groups excluding tert-OH is 1. The Balaban J connectivity index is 2.23. The van der Waals surface area contributed by atoms with E-state index in [1.807, 2.05) is 0 Å². The van der Waals surface area contributed by atoms with Crippen LogP contribution < -0.4 is 0 Å². The molecule has 1 aromatic rings. The highest BCUT2D eigenvalue weighted by atomic mass is 35.5. The summed E-state index contributed by atoms with van der Waals surface area (Å²) < 4.78 is 0. The van der Waals surface area contributed by atoms with Gasteiger partial charge in [-0.25, -0.2) is 0 Å². The molecule has 0 heterocycles. The van der Waals surface area contributed by atoms with E-state index in [-0.39, 0.29) is 5.92 Å². The van der Waals surface area contributed by atoms with E-state index in [4.69, 9.17) is 23.2 Å². The van der Waals surface area contributed by atoms with E-state index in [0.29, 0.717) is 16.0 Å². The summed E-state index contributed by atoms with van der Waals surface area (Å²) in [6, 6.07) is 5.23. The van der Waals surface area contributed by atoms with Crippen molar-refractivity contribution in [2.45, 2.75) is 25.9 Å². The first-order valence-corrected chi connectivity index (χ1v) is 5.98. The SMILES string of the molecule is CC(C1CC1)C(O)c1cc(Cl)ccc1Cl. The fourth-order valence-corrected chi connectivity index (χ4v) is 2.31. The third kappa shape index (κ3) is 2.47. The van der Waals surface area contributed by atoms with Crippen LogP contribution in [0.15, 0.2) is 18.2 Å². The molecule has 1 nitrogen and oxygen atoms in total. The van der Waals surface area contributed by atoms with Gasteiger partial charge >= 0.3 is 0 Å². The highest BCUT2D eigenvalue weighted by Gasteiger charge is 2.33. The molecule has 0 bridgehead atoms. The Bertz CT molecular complexity index is 361. The zero-order valence-corrected chi connectivity index (χ0v) is 10.1. The lowest BCUT2D eigenvalue weighted by atomic mass is 9.93. The van der Waals surface area contributed by atoms with Gasteiger partial charge in [0, 0.05) is 15.6 Å². The fourth-order valence-electron chi connectivity index (χ4n) is 1.90. The molecule has 3 heteroatoms. The number of rotatable bonds is 3. The Morgan fingerprint density at radius 2 is 2.00 bits per heavy atom. The number of benzene rings is 1. The van der Waals surface area contributed by atoms with Gasteiger partial charge in [0.2, 0.25) is 0 Å². The third-order valence-electron chi connectivity index (χ3n) is 3.14. The molecule has 0 spiro atoms. The van der Waals surface area contributed by atoms with Crippen LogP contribution in [0.25, 0.3) is 0 Å². The summed E-state index contributed by atoms with van der Waals surface area (Å²) in [7, 11) is 0. The summed E-state index contributed by atoms with van der Waals surface area (Å²) in [5.41, 5.74) is 0.753. The molecule has 82 valence electrons. The largest absolute Gasteiger partial charge is 0.388 e. The molecule has 0 amide bonds. The van der Waals surface area contributed by atoms with Gasteiger partial charge in [-0.3, -0.25) is 0 Å². The summed E-state index contributed by atoms with van der Waals surface area (Å²) in [5.74, 6) is 0.913. The van der Waals surface area contributed by atoms with Crippen LogP contribution in [-0.2, 0) is 0 Å². The van der Waals surface area contributed by atoms with Crippen molar-refractivity contribution in [3.63, 3.8) is 0 Å². The van der Waals surface area contributed by atoms with Crippen LogP contribution in [0, 0.1) is 11.8 Å². The predicted molar refractivity (Wildman–Crippen MR) is 63.3 cm³/mol. The summed E-state index contributed by atoms with van der Waals surface area (Å²) in [5, 5.41) is 11.4. The lowest BCUT2D eigenvalue weighted by Gasteiger charge is -2.19. The van der Waals surface area contributed by atoms with Crippen LogP contribution in [0.4, 0.5) is 0 Å². The van der Waals surface area contributed by atoms with E-state index in [1.165, 1.54) is 12.8 Å². The minimum Gasteiger partial charge on any atom is -0.388 e. The summed E-state index contributed by atoms with van der Waals surface area (Å²) in [4.78, 5) is 0. The molecule has 2 atom stereocenters. The minimum absolute atomic E-state index is 0.265. The van der Waals surface area contributed by atoms with Crippen LogP contribution in [0.3, 0.4) is 0 Å². The Morgan fingerprint density at radius 3 is 2.60 bits per heavy atom. The highest BCUT2D eigenvalue weighted by molar-refractivity contribution is 6.33. The second-order valence-electron chi connectivity index (χ2n) is 4.31. The smallest absolute Gasteiger partial charge is 0.0833 e. The Kier molecular flexibility index (Phi) is 3.24. The molecule has 1 fully saturated rings. The van der Waals surface area contributed by atoms with Crippen molar-refractivity contribution in [2.24, 2.45) is 11.8 Å². The number of halogens is 2. The topological polar surface area (TPSA) is 20.2 Å². The average molecular weight is 245 g/mol. The molecule has 0 aliphatic heterocycles. The van der Waals surface area contributed by atoms with Gasteiger partial charge in [-0.2, -0.15) is 0 Å². The standard InChI is InChI=1S/C12H14Cl2O/c1-7(8-2-3-8)12(15)10-6-9(13)4-5-11(10)14/h4-8,12,15H,2-3H2,1H3. The van der Waals surface area contributed by atoms with Gasteiger partial charge in [0.1, 0.15) is 0 Å². The molecule has 0 aromatic heterocycles. The van der Waals surface area contributed by atoms with Gasteiger partial charge in [-0.15, -0.1) is 0 Å². The molecular formula is C12H14Cl2O. The third-order valence-corrected chi connectivity index (χ3v) is 3.72. The van der Waals surface area contributed by atoms with E-state index < -0.39 is 6.10 Å². The summed E-state index contributed by atoms with van der Waals surface area (Å²) in [6.45, 7) is 2.07. The van der Waals surface area contributed by atoms with Gasteiger partial charge in [-0.05, 0) is 42.9 Å². The van der Waals surface area contributed by atoms with E-state index in [9.17, 15) is 5.11 Å². The van der Waals surface area contributed by atoms with Gasteiger partial charge in [0.05, 0.1) is 6.10 Å². The van der Waals surface area contributed by atoms with Crippen molar-refractivity contribution >= 4 is 23.2 Å². The molecule has 1 aliphatic rings. The van der Waals surface area contributed by atoms with Gasteiger partial charge in [0.25, 0.3) is 0 Å². The van der Waals surface area contributed by atoms with Crippen molar-refractivity contribution < 1.29 is 5.11 Å². The van der Waals surface area contributed by atoms with E-state index in [1.54, 1.807) is 18.2 Å². The van der Waals surface area contributed by atoms with E-state index in [2.05, 4.69) is 6.92 Å². The Hall–Kier alpha value is -0.240. The summed E-state index contributed by atoms with van der Waals surface area (Å²) >= 11 is 11.9. The highest BCUT2D eigenvalue weighted by Crippen LogP contribution is 2.44. The lowest BCUT2D eigenvalue weighted by molar-refractivity contribution is 0.106. The first-order chi connectivity index (χ1) is 7.09. The van der Waals surface area contributed by atoms with Crippen molar-refractivity contribution in [3.05, 3.63) is 33.8 Å². The molecule has 15 heavy (non-hydrogen) atoms. The van der Waals surface area contributed by atoms with Crippen LogP contribution in [0.5, 0.6) is 0 Å². The molecule has 1 saturated carbocycles. The molecule has 1 N–H and O–H groups in total. The van der Waals surface area contributed by atoms with E-state index >= 15 is 0 Å². The predicted octanol–water partition coefficient (Wildman–Crippen LogP) is 4.07. The molecule has 2 rings (SSSR count). The lowest BCUT2D eigenvalue weighted by Crippen LogP contribution is -2.11. The maximum absolute atomic E-state index is 10.2. The minimum atomic E-state index is -0.497. The molecule has 1 aliphatic carbocycles. The van der Waals surface area contributed by atoms with Gasteiger partial charge < -0.3 is 5.11 Å². The van der Waals surface area contributed by atoms with Crippen molar-refractivity contribution in [3.8, 4) is 0 Å². The molecular weight excluding hydrogens is 231 g/mol. The van der Waals surface area contributed by atoms with Crippen LogP contribution in [0.2, 0.25) is 10.0 Å². The van der Waals surface area contributed by atoms with Crippen molar-refractivity contribution in [1.29, 1.82) is 0 Å². The molecule has 1 aromatic carbocycles. The maximum atomic E-state index is 10.2. The number of hydrogen-bond acceptors (Lipinski definition) is 1. The second-order valence-corrected chi connectivity index (χ2v) is 5.15. The van der Waals surface area contributed by atoms with Gasteiger partial charge in [-0.1, -0.05) is 30.1 Å². The van der Waals surface area contributed by atoms with Gasteiger partial charge in [0.15, 0.2) is 0 Å². The maximum Gasteiger partial charge on any atom is 0.0833 e. The summed E-state index contributed by atoms with van der Waals surface area (Å²) in [6.07, 6.45) is 1.94. The fraction of sp³-hybridized carbons (Fsp3) is 0.500. The Morgan fingerprint density at radius 1 is 1.33 bits per heavy atom. The molecule has 0 saturated heterocycles. The quantitative estimate of drug-likeness (QED) is 0.850. The zero-order valence-electron chi connectivity index (χ0n) is 8.58. The molecule has 0 radical (unpaired) electrons. The second kappa shape index (κ2) is 4.32. The Labute approximate surface area is 100 Å². The average Bonchev–Trinajstić information content (AvgIpc) is 3.03. The van der Waals surface area contributed by atoms with E-state index in [0.717, 1.165) is 5.56 Å². The first kappa shape index (κ1) is 11.3. The monoisotopic (exact) mass is 244 g/mol. The normalized spacial score (nSPS) is 20.0. The zero-order chi connectivity index (χ0) is 11.0. The van der Waals surface area contributed by atoms with Crippen LogP contribution in [-0.4, -0.2) is 5.11 Å². The van der Waals surface area contributed by atoms with Crippen LogP contribution in [0.1, 0.15) is 31.4 Å². The number of hydrogen-bond donors (Lipinski definition) is 1. The number of aliphatic hydroxyl groups is 1.